The highest BCUT2D eigenvalue weighted by atomic mass is 16.6. The Morgan fingerprint density at radius 1 is 1.16 bits per heavy atom. The molecule has 3 rings (SSSR count). The van der Waals surface area contributed by atoms with Gasteiger partial charge in [0.25, 0.3) is 0 Å². The SMILES string of the molecule is CCCCCC(O)CCC1CCC2Cc3c(cccc3OCC(=O)OC(C)(C)C)CC12. The van der Waals surface area contributed by atoms with Gasteiger partial charge in [-0.3, -0.25) is 0 Å². The van der Waals surface area contributed by atoms with E-state index in [1.54, 1.807) is 0 Å². The lowest BCUT2D eigenvalue weighted by atomic mass is 9.73. The molecule has 174 valence electrons. The molecule has 0 bridgehead atoms. The maximum Gasteiger partial charge on any atom is 0.344 e. The van der Waals surface area contributed by atoms with E-state index in [1.807, 2.05) is 32.9 Å². The van der Waals surface area contributed by atoms with Crippen LogP contribution < -0.4 is 4.74 Å². The lowest BCUT2D eigenvalue weighted by Crippen LogP contribution is -2.28. The molecule has 0 amide bonds. The predicted molar refractivity (Wildman–Crippen MR) is 124 cm³/mol. The van der Waals surface area contributed by atoms with Gasteiger partial charge in [-0.05, 0) is 101 Å². The Kier molecular flexibility index (Phi) is 8.43. The fraction of sp³-hybridized carbons (Fsp3) is 0.741. The quantitative estimate of drug-likeness (QED) is 0.373. The fourth-order valence-corrected chi connectivity index (χ4v) is 5.56. The Balaban J connectivity index is 1.55. The first-order valence-corrected chi connectivity index (χ1v) is 12.4. The Morgan fingerprint density at radius 2 is 1.97 bits per heavy atom. The minimum Gasteiger partial charge on any atom is -0.482 e. The second-order valence-corrected chi connectivity index (χ2v) is 10.7. The maximum atomic E-state index is 12.1. The van der Waals surface area contributed by atoms with E-state index in [4.69, 9.17) is 9.47 Å². The third kappa shape index (κ3) is 6.97. The van der Waals surface area contributed by atoms with Crippen molar-refractivity contribution in [2.24, 2.45) is 17.8 Å². The second-order valence-electron chi connectivity index (χ2n) is 10.7. The van der Waals surface area contributed by atoms with Gasteiger partial charge in [0.05, 0.1) is 6.10 Å². The van der Waals surface area contributed by atoms with Crippen molar-refractivity contribution in [3.05, 3.63) is 29.3 Å². The summed E-state index contributed by atoms with van der Waals surface area (Å²) < 4.78 is 11.3. The topological polar surface area (TPSA) is 55.8 Å². The number of unbranched alkanes of at least 4 members (excludes halogenated alkanes) is 2. The molecule has 2 aliphatic carbocycles. The number of benzene rings is 1. The number of hydrogen-bond donors (Lipinski definition) is 1. The lowest BCUT2D eigenvalue weighted by Gasteiger charge is -2.32. The average Bonchev–Trinajstić information content (AvgIpc) is 3.10. The standard InChI is InChI=1S/C27H42O4/c1-5-6-7-10-22(28)15-14-19-12-13-21-17-24-20(16-23(19)21)9-8-11-25(24)30-18-26(29)31-27(2,3)4/h8-9,11,19,21-23,28H,5-7,10,12-18H2,1-4H3. The number of ether oxygens (including phenoxy) is 2. The molecule has 1 aromatic carbocycles. The van der Waals surface area contributed by atoms with Crippen LogP contribution in [0.5, 0.6) is 5.75 Å². The molecule has 0 spiro atoms. The summed E-state index contributed by atoms with van der Waals surface area (Å²) in [5.41, 5.74) is 2.16. The van der Waals surface area contributed by atoms with Gasteiger partial charge >= 0.3 is 5.97 Å². The molecule has 1 N–H and O–H groups in total. The molecule has 4 heteroatoms. The number of carbonyl (C=O) groups excluding carboxylic acids is 1. The summed E-state index contributed by atoms with van der Waals surface area (Å²) in [4.78, 5) is 12.1. The Morgan fingerprint density at radius 3 is 2.71 bits per heavy atom. The van der Waals surface area contributed by atoms with Crippen molar-refractivity contribution in [3.63, 3.8) is 0 Å². The van der Waals surface area contributed by atoms with Crippen molar-refractivity contribution >= 4 is 5.97 Å². The van der Waals surface area contributed by atoms with E-state index in [0.717, 1.165) is 56.1 Å². The van der Waals surface area contributed by atoms with Crippen molar-refractivity contribution < 1.29 is 19.4 Å². The predicted octanol–water partition coefficient (Wildman–Crippen LogP) is 5.87. The molecule has 4 unspecified atom stereocenters. The van der Waals surface area contributed by atoms with Gasteiger partial charge in [-0.2, -0.15) is 0 Å². The van der Waals surface area contributed by atoms with E-state index in [2.05, 4.69) is 13.0 Å². The molecular formula is C27H42O4. The van der Waals surface area contributed by atoms with Crippen LogP contribution in [0, 0.1) is 17.8 Å². The normalized spacial score (nSPS) is 23.7. The zero-order valence-corrected chi connectivity index (χ0v) is 20.0. The number of esters is 1. The van der Waals surface area contributed by atoms with E-state index in [1.165, 1.54) is 36.8 Å². The van der Waals surface area contributed by atoms with Crippen LogP contribution in [0.3, 0.4) is 0 Å². The van der Waals surface area contributed by atoms with Crippen LogP contribution in [-0.4, -0.2) is 29.4 Å². The Bertz CT molecular complexity index is 720. The maximum absolute atomic E-state index is 12.1. The van der Waals surface area contributed by atoms with Gasteiger partial charge in [0.15, 0.2) is 6.61 Å². The van der Waals surface area contributed by atoms with Crippen LogP contribution in [0.1, 0.15) is 90.2 Å². The number of aliphatic hydroxyl groups excluding tert-OH is 1. The summed E-state index contributed by atoms with van der Waals surface area (Å²) in [6, 6.07) is 6.26. The zero-order chi connectivity index (χ0) is 22.4. The molecule has 0 aromatic heterocycles. The van der Waals surface area contributed by atoms with Crippen molar-refractivity contribution in [1.82, 2.24) is 0 Å². The van der Waals surface area contributed by atoms with E-state index >= 15 is 0 Å². The summed E-state index contributed by atoms with van der Waals surface area (Å²) in [7, 11) is 0. The monoisotopic (exact) mass is 430 g/mol. The molecule has 1 aromatic rings. The van der Waals surface area contributed by atoms with Crippen LogP contribution in [0.2, 0.25) is 0 Å². The summed E-state index contributed by atoms with van der Waals surface area (Å²) in [6.07, 6.45) is 11.2. The van der Waals surface area contributed by atoms with Crippen molar-refractivity contribution in [2.45, 2.75) is 104 Å². The van der Waals surface area contributed by atoms with Gasteiger partial charge in [0.2, 0.25) is 0 Å². The van der Waals surface area contributed by atoms with Crippen molar-refractivity contribution in [1.29, 1.82) is 0 Å². The first-order valence-electron chi connectivity index (χ1n) is 12.4. The fourth-order valence-electron chi connectivity index (χ4n) is 5.56. The summed E-state index contributed by atoms with van der Waals surface area (Å²) >= 11 is 0. The van der Waals surface area contributed by atoms with Gasteiger partial charge in [0.1, 0.15) is 11.4 Å². The van der Waals surface area contributed by atoms with Gasteiger partial charge in [-0.15, -0.1) is 0 Å². The van der Waals surface area contributed by atoms with Gasteiger partial charge < -0.3 is 14.6 Å². The lowest BCUT2D eigenvalue weighted by molar-refractivity contribution is -0.157. The van der Waals surface area contributed by atoms with Crippen LogP contribution in [0.4, 0.5) is 0 Å². The highest BCUT2D eigenvalue weighted by Crippen LogP contribution is 2.48. The summed E-state index contributed by atoms with van der Waals surface area (Å²) in [5.74, 6) is 2.66. The smallest absolute Gasteiger partial charge is 0.344 e. The summed E-state index contributed by atoms with van der Waals surface area (Å²) in [6.45, 7) is 7.78. The molecule has 2 aliphatic rings. The zero-order valence-electron chi connectivity index (χ0n) is 20.0. The number of carbonyl (C=O) groups is 1. The molecule has 0 aliphatic heterocycles. The molecule has 1 saturated carbocycles. The summed E-state index contributed by atoms with van der Waals surface area (Å²) in [5, 5.41) is 10.3. The molecule has 0 radical (unpaired) electrons. The number of fused-ring (bicyclic) bond motifs is 2. The number of hydrogen-bond acceptors (Lipinski definition) is 4. The van der Waals surface area contributed by atoms with Crippen LogP contribution in [0.25, 0.3) is 0 Å². The van der Waals surface area contributed by atoms with Gasteiger partial charge in [-0.1, -0.05) is 38.3 Å². The van der Waals surface area contributed by atoms with Crippen molar-refractivity contribution in [3.8, 4) is 5.75 Å². The molecule has 31 heavy (non-hydrogen) atoms. The first kappa shape index (κ1) is 24.1. The van der Waals surface area contributed by atoms with Crippen LogP contribution in [-0.2, 0) is 22.4 Å². The molecular weight excluding hydrogens is 388 g/mol. The molecule has 4 atom stereocenters. The van der Waals surface area contributed by atoms with E-state index in [0.29, 0.717) is 5.92 Å². The van der Waals surface area contributed by atoms with Crippen LogP contribution >= 0.6 is 0 Å². The van der Waals surface area contributed by atoms with Crippen LogP contribution in [0.15, 0.2) is 18.2 Å². The first-order chi connectivity index (χ1) is 14.8. The third-order valence-corrected chi connectivity index (χ3v) is 7.05. The molecule has 0 saturated heterocycles. The number of aliphatic hydroxyl groups is 1. The third-order valence-electron chi connectivity index (χ3n) is 7.05. The van der Waals surface area contributed by atoms with Gasteiger partial charge in [0, 0.05) is 0 Å². The van der Waals surface area contributed by atoms with E-state index < -0.39 is 5.60 Å². The highest BCUT2D eigenvalue weighted by molar-refractivity contribution is 5.71. The molecule has 0 heterocycles. The Labute approximate surface area is 188 Å². The van der Waals surface area contributed by atoms with E-state index in [9.17, 15) is 9.90 Å². The average molecular weight is 431 g/mol. The minimum atomic E-state index is -0.494. The highest BCUT2D eigenvalue weighted by Gasteiger charge is 2.39. The largest absolute Gasteiger partial charge is 0.482 e. The minimum absolute atomic E-state index is 0.0413. The second kappa shape index (κ2) is 10.8. The Hall–Kier alpha value is -1.55. The van der Waals surface area contributed by atoms with Gasteiger partial charge in [-0.25, -0.2) is 4.79 Å². The van der Waals surface area contributed by atoms with Crippen molar-refractivity contribution in [2.75, 3.05) is 6.61 Å². The van der Waals surface area contributed by atoms with E-state index in [-0.39, 0.29) is 18.7 Å². The number of rotatable bonds is 10. The molecule has 4 nitrogen and oxygen atoms in total. The molecule has 1 fully saturated rings.